The van der Waals surface area contributed by atoms with Crippen molar-refractivity contribution in [1.29, 1.82) is 0 Å². The van der Waals surface area contributed by atoms with Gasteiger partial charge in [0.25, 0.3) is 0 Å². The van der Waals surface area contributed by atoms with Gasteiger partial charge >= 0.3 is 5.97 Å². The maximum Gasteiger partial charge on any atom is 0.308 e. The summed E-state index contributed by atoms with van der Waals surface area (Å²) in [6.07, 6.45) is 6.49. The molecule has 0 aromatic carbocycles. The Morgan fingerprint density at radius 2 is 1.87 bits per heavy atom. The van der Waals surface area contributed by atoms with Gasteiger partial charge in [-0.1, -0.05) is 0 Å². The van der Waals surface area contributed by atoms with Gasteiger partial charge in [0.05, 0.1) is 23.8 Å². The van der Waals surface area contributed by atoms with E-state index < -0.39 is 17.7 Å². The van der Waals surface area contributed by atoms with Gasteiger partial charge in [0.2, 0.25) is 0 Å². The Balaban J connectivity index is 1.33. The SMILES string of the molecule is O=C(O)[C@H]1C2CCC(CC2)[C@@H]1Nc1cc(-c2ccc(-c3ccco3)o2)nc(-c2[nH]nc3ncc(F)cc23)n1. The summed E-state index contributed by atoms with van der Waals surface area (Å²) in [4.78, 5) is 25.7. The lowest BCUT2D eigenvalue weighted by Crippen LogP contribution is -2.51. The minimum absolute atomic E-state index is 0.141. The molecule has 192 valence electrons. The zero-order valence-electron chi connectivity index (χ0n) is 20.1. The van der Waals surface area contributed by atoms with Crippen LogP contribution in [0.2, 0.25) is 0 Å². The fourth-order valence-electron chi connectivity index (χ4n) is 6.01. The van der Waals surface area contributed by atoms with E-state index in [0.717, 1.165) is 31.9 Å². The van der Waals surface area contributed by atoms with E-state index in [0.29, 0.717) is 45.5 Å². The Labute approximate surface area is 215 Å². The average molecular weight is 515 g/mol. The second kappa shape index (κ2) is 8.79. The number of aromatic amines is 1. The number of halogens is 1. The lowest BCUT2D eigenvalue weighted by molar-refractivity contribution is -0.148. The van der Waals surface area contributed by atoms with Crippen LogP contribution in [0.3, 0.4) is 0 Å². The molecule has 3 saturated carbocycles. The van der Waals surface area contributed by atoms with Gasteiger partial charge in [0, 0.05) is 12.1 Å². The van der Waals surface area contributed by atoms with Gasteiger partial charge in [-0.2, -0.15) is 5.10 Å². The number of carbonyl (C=O) groups is 1. The molecule has 8 rings (SSSR count). The number of hydrogen-bond donors (Lipinski definition) is 3. The van der Waals surface area contributed by atoms with Crippen molar-refractivity contribution >= 4 is 22.8 Å². The first-order valence-electron chi connectivity index (χ1n) is 12.6. The summed E-state index contributed by atoms with van der Waals surface area (Å²) in [7, 11) is 0. The van der Waals surface area contributed by atoms with E-state index in [1.807, 2.05) is 0 Å². The summed E-state index contributed by atoms with van der Waals surface area (Å²) in [5.74, 6) is 0.876. The quantitative estimate of drug-likeness (QED) is 0.272. The van der Waals surface area contributed by atoms with Crippen molar-refractivity contribution in [3.63, 3.8) is 0 Å². The fourth-order valence-corrected chi connectivity index (χ4v) is 6.01. The second-order valence-electron chi connectivity index (χ2n) is 9.94. The predicted molar refractivity (Wildman–Crippen MR) is 134 cm³/mol. The van der Waals surface area contributed by atoms with E-state index in [9.17, 15) is 14.3 Å². The van der Waals surface area contributed by atoms with Crippen LogP contribution in [-0.4, -0.2) is 42.3 Å². The Morgan fingerprint density at radius 1 is 1.05 bits per heavy atom. The highest BCUT2D eigenvalue weighted by Crippen LogP contribution is 2.46. The van der Waals surface area contributed by atoms with Crippen LogP contribution in [0.25, 0.3) is 45.5 Å². The number of fused-ring (bicyclic) bond motifs is 4. The number of furan rings is 2. The summed E-state index contributed by atoms with van der Waals surface area (Å²) < 4.78 is 25.5. The predicted octanol–water partition coefficient (Wildman–Crippen LogP) is 5.38. The number of hydrogen-bond acceptors (Lipinski definition) is 8. The highest BCUT2D eigenvalue weighted by molar-refractivity contribution is 5.89. The normalized spacial score (nSPS) is 22.7. The third-order valence-electron chi connectivity index (χ3n) is 7.77. The van der Waals surface area contributed by atoms with Crippen molar-refractivity contribution in [2.24, 2.45) is 17.8 Å². The average Bonchev–Trinajstić information content (AvgIpc) is 3.69. The molecule has 2 bridgehead atoms. The number of aromatic nitrogens is 5. The standard InChI is InChI=1S/C27H23FN6O4/c28-15-10-16-24(33-34-25(16)29-12-15)26-30-17(18-7-8-20(38-18)19-2-1-9-37-19)11-21(32-26)31-23-14-5-3-13(4-6-14)22(23)27(35)36/h1-2,7-14,22-23H,3-6H2,(H,35,36)(H,29,33,34)(H,30,31,32)/t13?,14?,22-,23-/m0/s1. The van der Waals surface area contributed by atoms with E-state index in [4.69, 9.17) is 18.8 Å². The Bertz CT molecular complexity index is 1640. The maximum absolute atomic E-state index is 14.0. The first-order valence-corrected chi connectivity index (χ1v) is 12.6. The largest absolute Gasteiger partial charge is 0.481 e. The molecule has 0 saturated heterocycles. The van der Waals surface area contributed by atoms with Gasteiger partial charge in [-0.3, -0.25) is 9.89 Å². The van der Waals surface area contributed by atoms with E-state index in [1.54, 1.807) is 36.6 Å². The summed E-state index contributed by atoms with van der Waals surface area (Å²) >= 11 is 0. The van der Waals surface area contributed by atoms with Gasteiger partial charge < -0.3 is 19.3 Å². The fraction of sp³-hybridized carbons (Fsp3) is 0.296. The molecule has 11 heteroatoms. The molecule has 3 fully saturated rings. The number of H-pyrrole nitrogens is 1. The second-order valence-corrected chi connectivity index (χ2v) is 9.94. The molecule has 38 heavy (non-hydrogen) atoms. The minimum Gasteiger partial charge on any atom is -0.481 e. The van der Waals surface area contributed by atoms with Crippen molar-refractivity contribution in [2.75, 3.05) is 5.32 Å². The lowest BCUT2D eigenvalue weighted by Gasteiger charge is -2.47. The molecular formula is C27H23FN6O4. The Kier molecular flexibility index (Phi) is 5.24. The van der Waals surface area contributed by atoms with Crippen molar-refractivity contribution < 1.29 is 23.1 Å². The van der Waals surface area contributed by atoms with Gasteiger partial charge in [0.1, 0.15) is 23.0 Å². The molecule has 5 aromatic rings. The van der Waals surface area contributed by atoms with Gasteiger partial charge in [0.15, 0.2) is 28.8 Å². The summed E-state index contributed by atoms with van der Waals surface area (Å²) in [6, 6.07) is 9.94. The van der Waals surface area contributed by atoms with Crippen LogP contribution < -0.4 is 5.32 Å². The zero-order valence-corrected chi connectivity index (χ0v) is 20.1. The number of pyridine rings is 1. The van der Waals surface area contributed by atoms with E-state index >= 15 is 0 Å². The van der Waals surface area contributed by atoms with Crippen LogP contribution in [0.4, 0.5) is 10.2 Å². The maximum atomic E-state index is 14.0. The molecule has 0 amide bonds. The Morgan fingerprint density at radius 3 is 2.66 bits per heavy atom. The van der Waals surface area contributed by atoms with Crippen molar-refractivity contribution in [2.45, 2.75) is 31.7 Å². The highest BCUT2D eigenvalue weighted by Gasteiger charge is 2.47. The first kappa shape index (κ1) is 22.6. The van der Waals surface area contributed by atoms with Crippen LogP contribution in [0.5, 0.6) is 0 Å². The van der Waals surface area contributed by atoms with E-state index in [-0.39, 0.29) is 23.7 Å². The minimum atomic E-state index is -0.790. The number of rotatable bonds is 6. The number of nitrogens with one attached hydrogen (secondary N) is 2. The monoisotopic (exact) mass is 514 g/mol. The summed E-state index contributed by atoms with van der Waals surface area (Å²) in [5, 5.41) is 20.9. The molecule has 5 aromatic heterocycles. The van der Waals surface area contributed by atoms with Crippen molar-refractivity contribution in [3.8, 4) is 34.5 Å². The third kappa shape index (κ3) is 3.82. The van der Waals surface area contributed by atoms with Gasteiger partial charge in [-0.15, -0.1) is 0 Å². The van der Waals surface area contributed by atoms with Crippen LogP contribution in [-0.2, 0) is 4.79 Å². The van der Waals surface area contributed by atoms with E-state index in [2.05, 4.69) is 20.5 Å². The van der Waals surface area contributed by atoms with E-state index in [1.165, 1.54) is 6.07 Å². The van der Waals surface area contributed by atoms with Crippen LogP contribution in [0.1, 0.15) is 25.7 Å². The number of anilines is 1. The summed E-state index contributed by atoms with van der Waals surface area (Å²) in [5.41, 5.74) is 1.20. The van der Waals surface area contributed by atoms with Crippen molar-refractivity contribution in [1.82, 2.24) is 25.1 Å². The van der Waals surface area contributed by atoms with Crippen LogP contribution >= 0.6 is 0 Å². The molecule has 0 spiro atoms. The lowest BCUT2D eigenvalue weighted by atomic mass is 9.61. The topological polar surface area (TPSA) is 143 Å². The number of carboxylic acid groups (broad SMARTS) is 1. The number of nitrogens with zero attached hydrogens (tertiary/aromatic N) is 4. The molecule has 3 aliphatic carbocycles. The molecule has 5 heterocycles. The smallest absolute Gasteiger partial charge is 0.308 e. The van der Waals surface area contributed by atoms with Crippen molar-refractivity contribution in [3.05, 3.63) is 54.7 Å². The summed E-state index contributed by atoms with van der Waals surface area (Å²) in [6.45, 7) is 0. The molecule has 0 radical (unpaired) electrons. The molecule has 0 unspecified atom stereocenters. The Hall–Kier alpha value is -4.54. The molecule has 10 nitrogen and oxygen atoms in total. The highest BCUT2D eigenvalue weighted by atomic mass is 19.1. The molecule has 0 aliphatic heterocycles. The molecule has 3 aliphatic rings. The molecular weight excluding hydrogens is 491 g/mol. The number of aliphatic carboxylic acids is 1. The molecule has 3 N–H and O–H groups in total. The van der Waals surface area contributed by atoms with Crippen LogP contribution in [0.15, 0.2) is 57.7 Å². The van der Waals surface area contributed by atoms with Crippen LogP contribution in [0, 0.1) is 23.6 Å². The molecule has 2 atom stereocenters. The third-order valence-corrected chi connectivity index (χ3v) is 7.77. The zero-order chi connectivity index (χ0) is 25.8. The first-order chi connectivity index (χ1) is 18.5. The van der Waals surface area contributed by atoms with Gasteiger partial charge in [-0.25, -0.2) is 19.3 Å². The van der Waals surface area contributed by atoms with Gasteiger partial charge in [-0.05, 0) is 67.9 Å². The number of carboxylic acids is 1.